The van der Waals surface area contributed by atoms with Gasteiger partial charge in [-0.15, -0.1) is 0 Å². The maximum Gasteiger partial charge on any atom is 0.254 e. The molecule has 23 heavy (non-hydrogen) atoms. The van der Waals surface area contributed by atoms with Crippen LogP contribution in [0.4, 0.5) is 0 Å². The first-order chi connectivity index (χ1) is 11.2. The summed E-state index contributed by atoms with van der Waals surface area (Å²) in [7, 11) is 1.77. The summed E-state index contributed by atoms with van der Waals surface area (Å²) in [5.74, 6) is 0.714. The Bertz CT molecular complexity index is 967. The highest BCUT2D eigenvalue weighted by molar-refractivity contribution is 5.97. The summed E-state index contributed by atoms with van der Waals surface area (Å²) in [6.07, 6.45) is 1.62. The zero-order valence-electron chi connectivity index (χ0n) is 12.6. The van der Waals surface area contributed by atoms with E-state index in [1.165, 1.54) is 0 Å². The Balaban J connectivity index is 1.57. The fourth-order valence-corrected chi connectivity index (χ4v) is 2.67. The second kappa shape index (κ2) is 5.24. The van der Waals surface area contributed by atoms with Crippen LogP contribution in [-0.4, -0.2) is 37.8 Å². The Kier molecular flexibility index (Phi) is 3.08. The van der Waals surface area contributed by atoms with Crippen LogP contribution in [0.2, 0.25) is 0 Å². The molecule has 1 amide bonds. The van der Waals surface area contributed by atoms with Gasteiger partial charge in [0, 0.05) is 12.6 Å². The molecule has 114 valence electrons. The van der Waals surface area contributed by atoms with Crippen LogP contribution in [0.25, 0.3) is 22.1 Å². The molecule has 0 atom stereocenters. The number of aromatic amines is 2. The molecule has 0 aliphatic rings. The Hall–Kier alpha value is -3.15. The number of H-pyrrole nitrogens is 2. The molecule has 0 bridgehead atoms. The SMILES string of the molecule is CN(Cc1nc2ccccc2[nH]1)C(=O)c1ccc2nc[nH]c2c1. The van der Waals surface area contributed by atoms with Crippen molar-refractivity contribution in [2.24, 2.45) is 0 Å². The Morgan fingerprint density at radius 2 is 2.00 bits per heavy atom. The number of benzene rings is 2. The lowest BCUT2D eigenvalue weighted by atomic mass is 10.2. The third-order valence-corrected chi connectivity index (χ3v) is 3.84. The molecule has 0 unspecified atom stereocenters. The topological polar surface area (TPSA) is 77.7 Å². The van der Waals surface area contributed by atoms with Crippen LogP contribution in [-0.2, 0) is 6.54 Å². The lowest BCUT2D eigenvalue weighted by Gasteiger charge is -2.15. The number of aromatic nitrogens is 4. The van der Waals surface area contributed by atoms with Crippen molar-refractivity contribution in [2.45, 2.75) is 6.54 Å². The third kappa shape index (κ3) is 2.44. The van der Waals surface area contributed by atoms with Gasteiger partial charge in [-0.1, -0.05) is 12.1 Å². The minimum absolute atomic E-state index is 0.0537. The number of nitrogens with zero attached hydrogens (tertiary/aromatic N) is 3. The summed E-state index contributed by atoms with van der Waals surface area (Å²) < 4.78 is 0. The smallest absolute Gasteiger partial charge is 0.254 e. The summed E-state index contributed by atoms with van der Waals surface area (Å²) in [6.45, 7) is 0.425. The van der Waals surface area contributed by atoms with Crippen molar-refractivity contribution in [1.82, 2.24) is 24.8 Å². The van der Waals surface area contributed by atoms with Crippen molar-refractivity contribution < 1.29 is 4.79 Å². The van der Waals surface area contributed by atoms with Crippen molar-refractivity contribution in [3.05, 3.63) is 60.2 Å². The molecule has 2 aromatic heterocycles. The highest BCUT2D eigenvalue weighted by Gasteiger charge is 2.14. The fourth-order valence-electron chi connectivity index (χ4n) is 2.67. The Morgan fingerprint density at radius 3 is 2.87 bits per heavy atom. The number of nitrogens with one attached hydrogen (secondary N) is 2. The zero-order valence-corrected chi connectivity index (χ0v) is 12.6. The van der Waals surface area contributed by atoms with Crippen molar-refractivity contribution in [3.8, 4) is 0 Å². The summed E-state index contributed by atoms with van der Waals surface area (Å²) in [5.41, 5.74) is 4.21. The Labute approximate surface area is 132 Å². The molecule has 2 aromatic carbocycles. The van der Waals surface area contributed by atoms with Crippen LogP contribution in [0, 0.1) is 0 Å². The number of hydrogen-bond donors (Lipinski definition) is 2. The molecular weight excluding hydrogens is 290 g/mol. The van der Waals surface area contributed by atoms with E-state index in [2.05, 4.69) is 19.9 Å². The van der Waals surface area contributed by atoms with E-state index in [-0.39, 0.29) is 5.91 Å². The van der Waals surface area contributed by atoms with Crippen LogP contribution < -0.4 is 0 Å². The summed E-state index contributed by atoms with van der Waals surface area (Å²) in [6, 6.07) is 13.3. The van der Waals surface area contributed by atoms with Crippen LogP contribution in [0.5, 0.6) is 0 Å². The molecule has 6 heteroatoms. The molecule has 0 radical (unpaired) electrons. The van der Waals surface area contributed by atoms with Gasteiger partial charge in [0.15, 0.2) is 0 Å². The molecule has 0 saturated heterocycles. The molecule has 4 rings (SSSR count). The number of carbonyl (C=O) groups excluding carboxylic acids is 1. The first-order valence-corrected chi connectivity index (χ1v) is 7.33. The van der Waals surface area contributed by atoms with E-state index in [1.807, 2.05) is 36.4 Å². The minimum Gasteiger partial charge on any atom is -0.345 e. The van der Waals surface area contributed by atoms with E-state index in [4.69, 9.17) is 0 Å². The van der Waals surface area contributed by atoms with Gasteiger partial charge >= 0.3 is 0 Å². The van der Waals surface area contributed by atoms with Gasteiger partial charge in [-0.25, -0.2) is 9.97 Å². The maximum absolute atomic E-state index is 12.6. The van der Waals surface area contributed by atoms with Gasteiger partial charge in [0.05, 0.1) is 34.9 Å². The summed E-state index contributed by atoms with van der Waals surface area (Å²) in [5, 5.41) is 0. The molecule has 6 nitrogen and oxygen atoms in total. The van der Waals surface area contributed by atoms with Crippen LogP contribution in [0.3, 0.4) is 0 Å². The molecule has 2 N–H and O–H groups in total. The van der Waals surface area contributed by atoms with E-state index in [1.54, 1.807) is 24.3 Å². The van der Waals surface area contributed by atoms with Crippen molar-refractivity contribution in [3.63, 3.8) is 0 Å². The van der Waals surface area contributed by atoms with Crippen LogP contribution >= 0.6 is 0 Å². The molecule has 0 aliphatic carbocycles. The molecule has 2 heterocycles. The van der Waals surface area contributed by atoms with Crippen LogP contribution in [0.1, 0.15) is 16.2 Å². The van der Waals surface area contributed by atoms with E-state index in [0.717, 1.165) is 27.9 Å². The van der Waals surface area contributed by atoms with Crippen molar-refractivity contribution >= 4 is 28.0 Å². The van der Waals surface area contributed by atoms with Gasteiger partial charge < -0.3 is 14.9 Å². The third-order valence-electron chi connectivity index (χ3n) is 3.84. The van der Waals surface area contributed by atoms with Gasteiger partial charge in [-0.3, -0.25) is 4.79 Å². The number of imidazole rings is 2. The van der Waals surface area contributed by atoms with Crippen molar-refractivity contribution in [1.29, 1.82) is 0 Å². The normalized spacial score (nSPS) is 11.2. The maximum atomic E-state index is 12.6. The largest absolute Gasteiger partial charge is 0.345 e. The van der Waals surface area contributed by atoms with Gasteiger partial charge in [-0.05, 0) is 30.3 Å². The number of fused-ring (bicyclic) bond motifs is 2. The quantitative estimate of drug-likeness (QED) is 0.611. The molecule has 0 fully saturated rings. The predicted molar refractivity (Wildman–Crippen MR) is 88.0 cm³/mol. The molecule has 4 aromatic rings. The number of amides is 1. The average molecular weight is 305 g/mol. The molecule has 0 spiro atoms. The van der Waals surface area contributed by atoms with Gasteiger partial charge in [0.2, 0.25) is 0 Å². The minimum atomic E-state index is -0.0537. The summed E-state index contributed by atoms with van der Waals surface area (Å²) >= 11 is 0. The van der Waals surface area contributed by atoms with E-state index in [9.17, 15) is 4.79 Å². The van der Waals surface area contributed by atoms with Gasteiger partial charge in [-0.2, -0.15) is 0 Å². The standard InChI is InChI=1S/C17H15N5O/c1-22(9-16-20-13-4-2-3-5-14(13)21-16)17(23)11-6-7-12-15(8-11)19-10-18-12/h2-8,10H,9H2,1H3,(H,18,19)(H,20,21). The lowest BCUT2D eigenvalue weighted by Crippen LogP contribution is -2.26. The number of hydrogen-bond acceptors (Lipinski definition) is 3. The van der Waals surface area contributed by atoms with Gasteiger partial charge in [0.1, 0.15) is 5.82 Å². The van der Waals surface area contributed by atoms with Crippen molar-refractivity contribution in [2.75, 3.05) is 7.05 Å². The predicted octanol–water partition coefficient (Wildman–Crippen LogP) is 2.71. The second-order valence-electron chi connectivity index (χ2n) is 5.50. The van der Waals surface area contributed by atoms with Gasteiger partial charge in [0.25, 0.3) is 5.91 Å². The Morgan fingerprint density at radius 1 is 1.13 bits per heavy atom. The first-order valence-electron chi connectivity index (χ1n) is 7.33. The monoisotopic (exact) mass is 305 g/mol. The fraction of sp³-hybridized carbons (Fsp3) is 0.118. The summed E-state index contributed by atoms with van der Waals surface area (Å²) in [4.78, 5) is 29.2. The first kappa shape index (κ1) is 13.5. The number of rotatable bonds is 3. The van der Waals surface area contributed by atoms with Crippen LogP contribution in [0.15, 0.2) is 48.8 Å². The van der Waals surface area contributed by atoms with E-state index in [0.29, 0.717) is 12.1 Å². The second-order valence-corrected chi connectivity index (χ2v) is 5.50. The molecule has 0 saturated carbocycles. The molecule has 0 aliphatic heterocycles. The number of carbonyl (C=O) groups is 1. The average Bonchev–Trinajstić information content (AvgIpc) is 3.18. The molecular formula is C17H15N5O. The zero-order chi connectivity index (χ0) is 15.8. The van der Waals surface area contributed by atoms with E-state index < -0.39 is 0 Å². The highest BCUT2D eigenvalue weighted by Crippen LogP contribution is 2.15. The number of para-hydroxylation sites is 2. The lowest BCUT2D eigenvalue weighted by molar-refractivity contribution is 0.0782. The van der Waals surface area contributed by atoms with E-state index >= 15 is 0 Å². The highest BCUT2D eigenvalue weighted by atomic mass is 16.2.